The average molecular weight is 244 g/mol. The summed E-state index contributed by atoms with van der Waals surface area (Å²) in [5.41, 5.74) is 0. The molecule has 0 unspecified atom stereocenters. The first-order valence-corrected chi connectivity index (χ1v) is 2.33. The molecule has 0 aromatic rings. The van der Waals surface area contributed by atoms with Gasteiger partial charge in [-0.25, -0.2) is 0 Å². The van der Waals surface area contributed by atoms with Crippen molar-refractivity contribution < 1.29 is 67.6 Å². The molecule has 0 heterocycles. The van der Waals surface area contributed by atoms with Crippen LogP contribution in [-0.2, 0) is 22.7 Å². The first-order chi connectivity index (χ1) is 1.73. The summed E-state index contributed by atoms with van der Waals surface area (Å²) in [6.45, 7) is 0. The van der Waals surface area contributed by atoms with E-state index in [9.17, 15) is 0 Å². The van der Waals surface area contributed by atoms with E-state index in [1.165, 1.54) is 0 Å². The zero-order chi connectivity index (χ0) is 3.58. The third-order valence-electron chi connectivity index (χ3n) is 0. The number of hydrogen-bond acceptors (Lipinski definition) is 2. The Morgan fingerprint density at radius 3 is 1.40 bits per heavy atom. The minimum atomic E-state index is -3.69. The van der Waals surface area contributed by atoms with Gasteiger partial charge < -0.3 is 0 Å². The van der Waals surface area contributed by atoms with Gasteiger partial charge in [-0.1, -0.05) is 0 Å². The van der Waals surface area contributed by atoms with Gasteiger partial charge in [0.1, 0.15) is 0 Å². The molecule has 0 fully saturated rings. The summed E-state index contributed by atoms with van der Waals surface area (Å²) in [7, 11) is 0. The normalized spacial score (nSPS) is 5.00. The first kappa shape index (κ1) is 9.71. The Morgan fingerprint density at radius 1 is 1.40 bits per heavy atom. The Hall–Kier alpha value is 1.50. The fraction of sp³-hybridized carbons (Fsp3) is 0. The molecule has 0 spiro atoms. The molecule has 0 aliphatic rings. The van der Waals surface area contributed by atoms with Crippen LogP contribution < -0.4 is 0 Å². The van der Waals surface area contributed by atoms with Gasteiger partial charge in [0.2, 0.25) is 0 Å². The van der Waals surface area contributed by atoms with E-state index < -0.39 is 15.4 Å². The predicted octanol–water partition coefficient (Wildman–Crippen LogP) is -0.797. The molecule has 5 heavy (non-hydrogen) atoms. The van der Waals surface area contributed by atoms with E-state index in [4.69, 9.17) is 11.4 Å². The van der Waals surface area contributed by atoms with Crippen LogP contribution in [0, 0.1) is 40.8 Å². The minimum absolute atomic E-state index is 0. The van der Waals surface area contributed by atoms with Crippen molar-refractivity contribution in [3.8, 4) is 0 Å². The molecule has 0 aliphatic carbocycles. The Kier molecular flexibility index (Phi) is 10.7. The third-order valence-corrected chi connectivity index (χ3v) is 0. The van der Waals surface area contributed by atoms with Crippen molar-refractivity contribution >= 4 is 0 Å². The van der Waals surface area contributed by atoms with Gasteiger partial charge in [-0.05, 0) is 0 Å². The van der Waals surface area contributed by atoms with Crippen LogP contribution >= 0.6 is 0 Å². The van der Waals surface area contributed by atoms with E-state index >= 15 is 0 Å². The van der Waals surface area contributed by atoms with Crippen LogP contribution in [0.15, 0.2) is 0 Å². The van der Waals surface area contributed by atoms with Gasteiger partial charge in [0.05, 0.1) is 0 Å². The van der Waals surface area contributed by atoms with Crippen molar-refractivity contribution in [3.05, 3.63) is 0 Å². The quantitative estimate of drug-likeness (QED) is 0.607. The maximum atomic E-state index is 8.67. The van der Waals surface area contributed by atoms with E-state index in [0.717, 1.165) is 0 Å². The van der Waals surface area contributed by atoms with Crippen molar-refractivity contribution in [2.24, 2.45) is 0 Å². The summed E-state index contributed by atoms with van der Waals surface area (Å²) < 4.78 is 24.4. The van der Waals surface area contributed by atoms with Gasteiger partial charge in [0.25, 0.3) is 0 Å². The zero-order valence-corrected chi connectivity index (χ0v) is 6.82. The molecule has 0 radical (unpaired) electrons. The Bertz CT molecular complexity index is 55.3. The molecule has 0 amide bonds. The summed E-state index contributed by atoms with van der Waals surface area (Å²) in [6, 6.07) is 0. The van der Waals surface area contributed by atoms with Crippen LogP contribution in [0.1, 0.15) is 0 Å². The van der Waals surface area contributed by atoms with E-state index in [-0.39, 0.29) is 40.8 Å². The van der Waals surface area contributed by atoms with Gasteiger partial charge in [-0.3, -0.25) is 0 Å². The standard InChI is InChI=1S/Nd.H2O.2O.V/h;1H2;;;/q;;;;+1/p-1. The maximum absolute atomic E-state index is 8.67. The molecule has 5 heteroatoms. The molecule has 0 rings (SSSR count). The van der Waals surface area contributed by atoms with Crippen molar-refractivity contribution in [1.29, 1.82) is 0 Å². The summed E-state index contributed by atoms with van der Waals surface area (Å²) in [5, 5.41) is 0. The molecule has 3 nitrogen and oxygen atoms in total. The molecule has 0 aromatic heterocycles. The monoisotopic (exact) mass is 242 g/mol. The second kappa shape index (κ2) is 5.50. The SMILES string of the molecule is [Nd].[O]=[V](=[O])[OH]. The summed E-state index contributed by atoms with van der Waals surface area (Å²) in [6.07, 6.45) is 0. The Balaban J connectivity index is 0. The van der Waals surface area contributed by atoms with Gasteiger partial charge in [0.15, 0.2) is 0 Å². The van der Waals surface area contributed by atoms with Gasteiger partial charge >= 0.3 is 26.8 Å². The van der Waals surface area contributed by atoms with E-state index in [2.05, 4.69) is 0 Å². The molecule has 0 saturated heterocycles. The van der Waals surface area contributed by atoms with Gasteiger partial charge in [-0.15, -0.1) is 0 Å². The fourth-order valence-corrected chi connectivity index (χ4v) is 0. The summed E-state index contributed by atoms with van der Waals surface area (Å²) in [5.74, 6) is 0. The van der Waals surface area contributed by atoms with E-state index in [1.807, 2.05) is 0 Å². The zero-order valence-electron chi connectivity index (χ0n) is 2.21. The Morgan fingerprint density at radius 2 is 1.40 bits per heavy atom. The second-order valence-corrected chi connectivity index (χ2v) is 0.981. The van der Waals surface area contributed by atoms with Gasteiger partial charge in [-0.2, -0.15) is 0 Å². The molecule has 0 saturated carbocycles. The topological polar surface area (TPSA) is 54.4 Å². The summed E-state index contributed by atoms with van der Waals surface area (Å²) in [4.78, 5) is 0. The molecule has 0 aromatic carbocycles. The van der Waals surface area contributed by atoms with Crippen LogP contribution in [0.5, 0.6) is 0 Å². The molecule has 0 atom stereocenters. The average Bonchev–Trinajstić information content (AvgIpc) is 0.811. The molecule has 0 aliphatic heterocycles. The molecular weight excluding hydrogens is 243 g/mol. The van der Waals surface area contributed by atoms with Crippen LogP contribution in [-0.4, -0.2) is 4.03 Å². The summed E-state index contributed by atoms with van der Waals surface area (Å²) >= 11 is -3.69. The van der Waals surface area contributed by atoms with Crippen molar-refractivity contribution in [2.45, 2.75) is 0 Å². The van der Waals surface area contributed by atoms with Crippen LogP contribution in [0.25, 0.3) is 0 Å². The fourth-order valence-electron chi connectivity index (χ4n) is 0. The molecule has 1 N–H and O–H groups in total. The Labute approximate surface area is 66.6 Å². The predicted molar refractivity (Wildman–Crippen MR) is 3.59 cm³/mol. The van der Waals surface area contributed by atoms with E-state index in [0.29, 0.717) is 0 Å². The first-order valence-electron chi connectivity index (χ1n) is 0.565. The van der Waals surface area contributed by atoms with Gasteiger partial charge in [0, 0.05) is 40.8 Å². The van der Waals surface area contributed by atoms with Crippen molar-refractivity contribution in [3.63, 3.8) is 0 Å². The number of hydrogen-bond donors (Lipinski definition) is 1. The van der Waals surface area contributed by atoms with Crippen molar-refractivity contribution in [1.82, 2.24) is 0 Å². The van der Waals surface area contributed by atoms with Crippen LogP contribution in [0.4, 0.5) is 0 Å². The second-order valence-electron chi connectivity index (χ2n) is 0.238. The molecule has 28 valence electrons. The number of rotatable bonds is 0. The van der Waals surface area contributed by atoms with Crippen LogP contribution in [0.2, 0.25) is 0 Å². The van der Waals surface area contributed by atoms with Crippen LogP contribution in [0.3, 0.4) is 0 Å². The van der Waals surface area contributed by atoms with Crippen molar-refractivity contribution in [2.75, 3.05) is 0 Å². The molecular formula is HNdO3V. The van der Waals surface area contributed by atoms with E-state index in [1.54, 1.807) is 0 Å². The molecule has 0 bridgehead atoms. The third kappa shape index (κ3) is 30.0.